The van der Waals surface area contributed by atoms with E-state index in [1.54, 1.807) is 31.2 Å². The van der Waals surface area contributed by atoms with Crippen LogP contribution in [0.3, 0.4) is 0 Å². The zero-order valence-corrected chi connectivity index (χ0v) is 14.6. The van der Waals surface area contributed by atoms with Crippen LogP contribution < -0.4 is 4.18 Å². The summed E-state index contributed by atoms with van der Waals surface area (Å²) in [5, 5.41) is 7.82. The number of hydrogen-bond acceptors (Lipinski definition) is 8. The van der Waals surface area contributed by atoms with Gasteiger partial charge in [0.25, 0.3) is 0 Å². The summed E-state index contributed by atoms with van der Waals surface area (Å²) < 4.78 is 34.5. The maximum Gasteiger partial charge on any atom is 0.339 e. The molecular formula is C17H15N3O5S. The highest BCUT2D eigenvalue weighted by Gasteiger charge is 2.17. The molecule has 3 aromatic rings. The topological polar surface area (TPSA) is 108 Å². The molecule has 0 atom stereocenters. The predicted molar refractivity (Wildman–Crippen MR) is 91.9 cm³/mol. The third-order valence-electron chi connectivity index (χ3n) is 3.32. The van der Waals surface area contributed by atoms with E-state index in [1.165, 1.54) is 24.3 Å². The summed E-state index contributed by atoms with van der Waals surface area (Å²) >= 11 is 0. The predicted octanol–water partition coefficient (Wildman–Crippen LogP) is 1.90. The van der Waals surface area contributed by atoms with Gasteiger partial charge in [-0.1, -0.05) is 18.2 Å². The summed E-state index contributed by atoms with van der Waals surface area (Å²) in [6, 6.07) is 12.3. The summed E-state index contributed by atoms with van der Waals surface area (Å²) in [6.07, 6.45) is -0.0859. The lowest BCUT2D eigenvalue weighted by Crippen LogP contribution is -2.11. The minimum absolute atomic E-state index is 0.0501. The summed E-state index contributed by atoms with van der Waals surface area (Å²) in [4.78, 5) is 15.7. The van der Waals surface area contributed by atoms with Crippen LogP contribution in [0.1, 0.15) is 12.7 Å². The molecule has 0 saturated heterocycles. The van der Waals surface area contributed by atoms with Crippen molar-refractivity contribution in [3.63, 3.8) is 0 Å². The summed E-state index contributed by atoms with van der Waals surface area (Å²) in [6.45, 7) is 1.98. The molecule has 1 heterocycles. The molecule has 1 aromatic heterocycles. The van der Waals surface area contributed by atoms with Gasteiger partial charge in [-0.25, -0.2) is 4.98 Å². The fourth-order valence-corrected chi connectivity index (χ4v) is 3.12. The fraction of sp³-hybridized carbons (Fsp3) is 0.176. The maximum absolute atomic E-state index is 12.2. The monoisotopic (exact) mass is 373 g/mol. The van der Waals surface area contributed by atoms with Gasteiger partial charge < -0.3 is 8.92 Å². The lowest BCUT2D eigenvalue weighted by Gasteiger charge is -2.07. The van der Waals surface area contributed by atoms with Crippen LogP contribution in [0.2, 0.25) is 0 Å². The standard InChI is InChI=1S/C17H15N3O5S/c1-2-24-17(21)11-16-18-14-9-8-12(10-15(14)19-20-16)25-26(22,23)13-6-4-3-5-7-13/h3-10H,2,11H2,1H3. The molecule has 0 unspecified atom stereocenters. The van der Waals surface area contributed by atoms with E-state index in [1.807, 2.05) is 0 Å². The van der Waals surface area contributed by atoms with Crippen LogP contribution in [0.15, 0.2) is 53.4 Å². The van der Waals surface area contributed by atoms with Gasteiger partial charge in [0.15, 0.2) is 5.82 Å². The van der Waals surface area contributed by atoms with E-state index in [0.29, 0.717) is 11.0 Å². The van der Waals surface area contributed by atoms with Gasteiger partial charge in [-0.15, -0.1) is 10.2 Å². The summed E-state index contributed by atoms with van der Waals surface area (Å²) in [5.74, 6) is -0.125. The Hall–Kier alpha value is -3.07. The number of carbonyl (C=O) groups is 1. The number of carbonyl (C=O) groups excluding carboxylic acids is 1. The first-order valence-corrected chi connectivity index (χ1v) is 9.17. The minimum Gasteiger partial charge on any atom is -0.466 e. The van der Waals surface area contributed by atoms with Crippen LogP contribution in [0.25, 0.3) is 11.0 Å². The van der Waals surface area contributed by atoms with Crippen molar-refractivity contribution in [2.45, 2.75) is 18.2 Å². The molecular weight excluding hydrogens is 358 g/mol. The second-order valence-corrected chi connectivity index (χ2v) is 6.76. The van der Waals surface area contributed by atoms with Crippen molar-refractivity contribution in [3.8, 4) is 5.75 Å². The van der Waals surface area contributed by atoms with Crippen molar-refractivity contribution in [2.75, 3.05) is 6.61 Å². The molecule has 0 radical (unpaired) electrons. The van der Waals surface area contributed by atoms with Gasteiger partial charge in [-0.2, -0.15) is 8.42 Å². The highest BCUT2D eigenvalue weighted by molar-refractivity contribution is 7.87. The largest absolute Gasteiger partial charge is 0.466 e. The highest BCUT2D eigenvalue weighted by Crippen LogP contribution is 2.22. The molecule has 3 rings (SSSR count). The molecule has 2 aromatic carbocycles. The molecule has 0 aliphatic carbocycles. The molecule has 0 fully saturated rings. The number of aromatic nitrogens is 3. The van der Waals surface area contributed by atoms with Crippen LogP contribution in [0.4, 0.5) is 0 Å². The molecule has 0 bridgehead atoms. The first kappa shape index (κ1) is 17.7. The Labute approximate surface area is 149 Å². The molecule has 0 spiro atoms. The van der Waals surface area contributed by atoms with E-state index in [-0.39, 0.29) is 29.5 Å². The first-order chi connectivity index (χ1) is 12.5. The van der Waals surface area contributed by atoms with Gasteiger partial charge in [-0.3, -0.25) is 4.79 Å². The molecule has 134 valence electrons. The van der Waals surface area contributed by atoms with Gasteiger partial charge >= 0.3 is 16.1 Å². The normalized spacial score (nSPS) is 11.3. The van der Waals surface area contributed by atoms with Gasteiger partial charge in [-0.05, 0) is 31.2 Å². The van der Waals surface area contributed by atoms with Crippen LogP contribution in [-0.2, 0) is 26.1 Å². The van der Waals surface area contributed by atoms with Crippen molar-refractivity contribution >= 4 is 27.1 Å². The van der Waals surface area contributed by atoms with Crippen molar-refractivity contribution in [2.24, 2.45) is 0 Å². The zero-order valence-electron chi connectivity index (χ0n) is 13.8. The summed E-state index contributed by atoms with van der Waals surface area (Å²) in [5.41, 5.74) is 0.808. The number of rotatable bonds is 6. The molecule has 0 amide bonds. The Kier molecular flexibility index (Phi) is 5.08. The van der Waals surface area contributed by atoms with Crippen molar-refractivity contribution in [1.82, 2.24) is 15.2 Å². The third-order valence-corrected chi connectivity index (χ3v) is 4.58. The molecule has 0 N–H and O–H groups in total. The molecule has 0 aliphatic rings. The van der Waals surface area contributed by atoms with Crippen LogP contribution in [0, 0.1) is 0 Å². The molecule has 26 heavy (non-hydrogen) atoms. The molecule has 9 heteroatoms. The Balaban J connectivity index is 1.83. The number of esters is 1. The highest BCUT2D eigenvalue weighted by atomic mass is 32.2. The second kappa shape index (κ2) is 7.44. The van der Waals surface area contributed by atoms with Crippen LogP contribution >= 0.6 is 0 Å². The second-order valence-electron chi connectivity index (χ2n) is 5.21. The Morgan fingerprint density at radius 3 is 2.54 bits per heavy atom. The number of benzene rings is 2. The van der Waals surface area contributed by atoms with Crippen molar-refractivity contribution in [3.05, 3.63) is 54.4 Å². The van der Waals surface area contributed by atoms with E-state index in [0.717, 1.165) is 0 Å². The average Bonchev–Trinajstić information content (AvgIpc) is 2.62. The Bertz CT molecular complexity index is 1040. The number of ether oxygens (including phenoxy) is 1. The fourth-order valence-electron chi connectivity index (χ4n) is 2.18. The molecule has 8 nitrogen and oxygen atoms in total. The van der Waals surface area contributed by atoms with Gasteiger partial charge in [0.1, 0.15) is 22.6 Å². The molecule has 0 aliphatic heterocycles. The van der Waals surface area contributed by atoms with Crippen LogP contribution in [-0.4, -0.2) is 36.2 Å². The van der Waals surface area contributed by atoms with Crippen molar-refractivity contribution in [1.29, 1.82) is 0 Å². The van der Waals surface area contributed by atoms with E-state index in [4.69, 9.17) is 8.92 Å². The summed E-state index contributed by atoms with van der Waals surface area (Å²) in [7, 11) is -3.94. The van der Waals surface area contributed by atoms with Crippen molar-refractivity contribution < 1.29 is 22.1 Å². The Morgan fingerprint density at radius 1 is 1.04 bits per heavy atom. The SMILES string of the molecule is CCOC(=O)Cc1nnc2cc(OS(=O)(=O)c3ccccc3)ccc2n1. The van der Waals surface area contributed by atoms with Gasteiger partial charge in [0.05, 0.1) is 12.1 Å². The van der Waals surface area contributed by atoms with Crippen LogP contribution in [0.5, 0.6) is 5.75 Å². The minimum atomic E-state index is -3.94. The van der Waals surface area contributed by atoms with Gasteiger partial charge in [0, 0.05) is 6.07 Å². The van der Waals surface area contributed by atoms with E-state index in [9.17, 15) is 13.2 Å². The Morgan fingerprint density at radius 2 is 1.81 bits per heavy atom. The third kappa shape index (κ3) is 4.12. The lowest BCUT2D eigenvalue weighted by atomic mass is 10.3. The first-order valence-electron chi connectivity index (χ1n) is 7.76. The van der Waals surface area contributed by atoms with Gasteiger partial charge in [0.2, 0.25) is 0 Å². The number of hydrogen-bond donors (Lipinski definition) is 0. The average molecular weight is 373 g/mol. The van der Waals surface area contributed by atoms with E-state index >= 15 is 0 Å². The van der Waals surface area contributed by atoms with E-state index in [2.05, 4.69) is 15.2 Å². The lowest BCUT2D eigenvalue weighted by molar-refractivity contribution is -0.142. The molecule has 0 saturated carbocycles. The van der Waals surface area contributed by atoms with E-state index < -0.39 is 16.1 Å². The number of fused-ring (bicyclic) bond motifs is 1. The maximum atomic E-state index is 12.2. The quantitative estimate of drug-likeness (QED) is 0.476. The zero-order chi connectivity index (χ0) is 18.6. The smallest absolute Gasteiger partial charge is 0.339 e. The number of nitrogens with zero attached hydrogens (tertiary/aromatic N) is 3.